The maximum Gasteiger partial charge on any atom is 0.303 e. The van der Waals surface area contributed by atoms with Crippen molar-refractivity contribution in [1.29, 1.82) is 0 Å². The van der Waals surface area contributed by atoms with Crippen molar-refractivity contribution in [2.75, 3.05) is 11.9 Å². The van der Waals surface area contributed by atoms with Gasteiger partial charge in [0.25, 0.3) is 0 Å². The Kier molecular flexibility index (Phi) is 4.40. The average molecular weight is 291 g/mol. The Morgan fingerprint density at radius 2 is 2.14 bits per heavy atom. The summed E-state index contributed by atoms with van der Waals surface area (Å²) in [5.41, 5.74) is 0.679. The lowest BCUT2D eigenvalue weighted by Gasteiger charge is -2.23. The molecule has 0 aliphatic heterocycles. The smallest absolute Gasteiger partial charge is 0.303 e. The number of carboxylic acids is 1. The molecule has 0 saturated carbocycles. The number of anilines is 1. The van der Waals surface area contributed by atoms with Crippen LogP contribution in [0.5, 0.6) is 0 Å². The third-order valence-corrected chi connectivity index (χ3v) is 3.61. The summed E-state index contributed by atoms with van der Waals surface area (Å²) < 4.78 is 1.88. The molecule has 0 atom stereocenters. The van der Waals surface area contributed by atoms with Crippen LogP contribution in [0, 0.1) is 12.3 Å². The summed E-state index contributed by atoms with van der Waals surface area (Å²) >= 11 is 0. The van der Waals surface area contributed by atoms with E-state index in [2.05, 4.69) is 34.3 Å². The molecule has 0 amide bonds. The quantitative estimate of drug-likeness (QED) is 0.811. The van der Waals surface area contributed by atoms with Gasteiger partial charge in [0.2, 0.25) is 5.65 Å². The van der Waals surface area contributed by atoms with Crippen LogP contribution >= 0.6 is 0 Å². The number of rotatable bonds is 7. The van der Waals surface area contributed by atoms with E-state index in [0.29, 0.717) is 24.4 Å². The van der Waals surface area contributed by atoms with Gasteiger partial charge in [0.05, 0.1) is 0 Å². The maximum atomic E-state index is 10.6. The summed E-state index contributed by atoms with van der Waals surface area (Å²) in [5, 5.41) is 20.2. The lowest BCUT2D eigenvalue weighted by atomic mass is 9.84. The molecule has 0 radical (unpaired) electrons. The fourth-order valence-corrected chi connectivity index (χ4v) is 2.16. The first-order valence-electron chi connectivity index (χ1n) is 7.01. The van der Waals surface area contributed by atoms with E-state index >= 15 is 0 Å². The molecule has 2 aromatic heterocycles. The fourth-order valence-electron chi connectivity index (χ4n) is 2.16. The van der Waals surface area contributed by atoms with Gasteiger partial charge in [-0.05, 0) is 25.2 Å². The van der Waals surface area contributed by atoms with Gasteiger partial charge >= 0.3 is 5.97 Å². The number of hydrogen-bond acceptors (Lipinski definition) is 5. The number of fused-ring (bicyclic) bond motifs is 1. The van der Waals surface area contributed by atoms with Gasteiger partial charge in [-0.1, -0.05) is 13.8 Å². The fraction of sp³-hybridized carbons (Fsp3) is 0.571. The second-order valence-corrected chi connectivity index (χ2v) is 5.95. The van der Waals surface area contributed by atoms with E-state index in [1.807, 2.05) is 17.5 Å². The highest BCUT2D eigenvalue weighted by atomic mass is 16.4. The van der Waals surface area contributed by atoms with Crippen LogP contribution < -0.4 is 5.32 Å². The Labute approximate surface area is 123 Å². The molecule has 2 N–H and O–H groups in total. The van der Waals surface area contributed by atoms with Crippen LogP contribution in [0.3, 0.4) is 0 Å². The van der Waals surface area contributed by atoms with Crippen LogP contribution in [0.2, 0.25) is 0 Å². The lowest BCUT2D eigenvalue weighted by molar-refractivity contribution is -0.137. The van der Waals surface area contributed by atoms with E-state index in [0.717, 1.165) is 12.2 Å². The summed E-state index contributed by atoms with van der Waals surface area (Å²) in [5.74, 6) is 0.769. The van der Waals surface area contributed by atoms with Gasteiger partial charge in [-0.2, -0.15) is 0 Å². The van der Waals surface area contributed by atoms with E-state index in [4.69, 9.17) is 5.11 Å². The number of aliphatic carboxylic acids is 1. The van der Waals surface area contributed by atoms with E-state index in [9.17, 15) is 4.79 Å². The molecule has 7 nitrogen and oxygen atoms in total. The molecule has 2 rings (SSSR count). The van der Waals surface area contributed by atoms with Crippen molar-refractivity contribution in [2.45, 2.75) is 40.0 Å². The molecule has 21 heavy (non-hydrogen) atoms. The molecular formula is C14H21N5O2. The number of aryl methyl sites for hydroxylation is 1. The van der Waals surface area contributed by atoms with Crippen molar-refractivity contribution in [2.24, 2.45) is 5.41 Å². The molecular weight excluding hydrogens is 270 g/mol. The number of carbonyl (C=O) groups is 1. The monoisotopic (exact) mass is 291 g/mol. The Bertz CT molecular complexity index is 635. The number of nitrogens with one attached hydrogen (secondary N) is 1. The third-order valence-electron chi connectivity index (χ3n) is 3.61. The molecule has 0 aliphatic rings. The zero-order valence-corrected chi connectivity index (χ0v) is 12.6. The first kappa shape index (κ1) is 15.2. The van der Waals surface area contributed by atoms with E-state index in [1.54, 1.807) is 6.20 Å². The van der Waals surface area contributed by atoms with Gasteiger partial charge in [-0.3, -0.25) is 9.20 Å². The second kappa shape index (κ2) is 6.07. The minimum absolute atomic E-state index is 0.0277. The molecule has 0 fully saturated rings. The molecule has 0 unspecified atom stereocenters. The largest absolute Gasteiger partial charge is 0.481 e. The number of aromatic nitrogens is 4. The molecule has 2 aromatic rings. The summed E-state index contributed by atoms with van der Waals surface area (Å²) in [6.07, 6.45) is 5.25. The first-order valence-corrected chi connectivity index (χ1v) is 7.01. The van der Waals surface area contributed by atoms with Crippen molar-refractivity contribution in [3.05, 3.63) is 18.2 Å². The Morgan fingerprint density at radius 3 is 2.86 bits per heavy atom. The molecule has 0 saturated heterocycles. The first-order chi connectivity index (χ1) is 9.89. The summed E-state index contributed by atoms with van der Waals surface area (Å²) in [7, 11) is 0. The second-order valence-electron chi connectivity index (χ2n) is 5.95. The SMILES string of the molecule is Cc1nnc2c(NCCC(C)(C)CCC(=O)O)nccn12. The molecule has 2 heterocycles. The molecule has 114 valence electrons. The van der Waals surface area contributed by atoms with Gasteiger partial charge in [-0.25, -0.2) is 4.98 Å². The normalized spacial score (nSPS) is 11.8. The molecule has 0 aromatic carbocycles. The average Bonchev–Trinajstić information content (AvgIpc) is 2.80. The zero-order valence-electron chi connectivity index (χ0n) is 12.6. The minimum Gasteiger partial charge on any atom is -0.481 e. The van der Waals surface area contributed by atoms with Crippen LogP contribution in [-0.4, -0.2) is 37.2 Å². The number of nitrogens with zero attached hydrogens (tertiary/aromatic N) is 4. The predicted molar refractivity (Wildman–Crippen MR) is 79.3 cm³/mol. The summed E-state index contributed by atoms with van der Waals surface area (Å²) in [6.45, 7) is 6.75. The third kappa shape index (κ3) is 3.90. The number of carboxylic acid groups (broad SMARTS) is 1. The Hall–Kier alpha value is -2.18. The Balaban J connectivity index is 1.94. The highest BCUT2D eigenvalue weighted by Gasteiger charge is 2.19. The van der Waals surface area contributed by atoms with Gasteiger partial charge in [0.1, 0.15) is 5.82 Å². The van der Waals surface area contributed by atoms with Crippen LogP contribution in [-0.2, 0) is 4.79 Å². The van der Waals surface area contributed by atoms with Crippen LogP contribution in [0.1, 0.15) is 38.9 Å². The highest BCUT2D eigenvalue weighted by Crippen LogP contribution is 2.26. The van der Waals surface area contributed by atoms with Crippen LogP contribution in [0.4, 0.5) is 5.82 Å². The van der Waals surface area contributed by atoms with Gasteiger partial charge < -0.3 is 10.4 Å². The highest BCUT2D eigenvalue weighted by molar-refractivity contribution is 5.66. The topological polar surface area (TPSA) is 92.4 Å². The van der Waals surface area contributed by atoms with Crippen molar-refractivity contribution >= 4 is 17.4 Å². The van der Waals surface area contributed by atoms with Crippen molar-refractivity contribution in [3.63, 3.8) is 0 Å². The molecule has 0 aliphatic carbocycles. The van der Waals surface area contributed by atoms with E-state index in [1.165, 1.54) is 0 Å². The van der Waals surface area contributed by atoms with Gasteiger partial charge in [0, 0.05) is 25.4 Å². The van der Waals surface area contributed by atoms with Crippen molar-refractivity contribution in [3.8, 4) is 0 Å². The summed E-state index contributed by atoms with van der Waals surface area (Å²) in [4.78, 5) is 14.9. The zero-order chi connectivity index (χ0) is 15.5. The van der Waals surface area contributed by atoms with E-state index in [-0.39, 0.29) is 11.8 Å². The maximum absolute atomic E-state index is 10.6. The minimum atomic E-state index is -0.749. The van der Waals surface area contributed by atoms with Gasteiger partial charge in [0.15, 0.2) is 5.82 Å². The molecule has 7 heteroatoms. The van der Waals surface area contributed by atoms with Crippen LogP contribution in [0.15, 0.2) is 12.4 Å². The Morgan fingerprint density at radius 1 is 1.38 bits per heavy atom. The van der Waals surface area contributed by atoms with E-state index < -0.39 is 5.97 Å². The standard InChI is InChI=1S/C14H21N5O2/c1-10-17-18-13-12(16-8-9-19(10)13)15-7-6-14(2,3)5-4-11(20)21/h8-9H,4-7H2,1-3H3,(H,15,16)(H,20,21). The van der Waals surface area contributed by atoms with Gasteiger partial charge in [-0.15, -0.1) is 10.2 Å². The molecule has 0 bridgehead atoms. The lowest BCUT2D eigenvalue weighted by Crippen LogP contribution is -2.18. The van der Waals surface area contributed by atoms with Crippen LogP contribution in [0.25, 0.3) is 5.65 Å². The molecule has 0 spiro atoms. The van der Waals surface area contributed by atoms with Crippen molar-refractivity contribution < 1.29 is 9.90 Å². The predicted octanol–water partition coefficient (Wildman–Crippen LogP) is 2.13. The van der Waals surface area contributed by atoms with Crippen molar-refractivity contribution in [1.82, 2.24) is 19.6 Å². The number of hydrogen-bond donors (Lipinski definition) is 2. The summed E-state index contributed by atoms with van der Waals surface area (Å²) in [6, 6.07) is 0.